The SMILES string of the molecule is CC(=O)Nc1ccsc1CNc1cccc(C(C)C)c1. The van der Waals surface area contributed by atoms with Crippen molar-refractivity contribution >= 4 is 28.6 Å². The lowest BCUT2D eigenvalue weighted by molar-refractivity contribution is -0.114. The van der Waals surface area contributed by atoms with Crippen molar-refractivity contribution in [1.29, 1.82) is 0 Å². The fraction of sp³-hybridized carbons (Fsp3) is 0.312. The molecule has 0 saturated heterocycles. The summed E-state index contributed by atoms with van der Waals surface area (Å²) in [5, 5.41) is 8.26. The minimum atomic E-state index is -0.0357. The van der Waals surface area contributed by atoms with Crippen molar-refractivity contribution in [2.45, 2.75) is 33.2 Å². The summed E-state index contributed by atoms with van der Waals surface area (Å²) in [6.45, 7) is 6.62. The number of carbonyl (C=O) groups is 1. The second kappa shape index (κ2) is 6.57. The van der Waals surface area contributed by atoms with Crippen molar-refractivity contribution in [2.75, 3.05) is 10.6 Å². The topological polar surface area (TPSA) is 41.1 Å². The lowest BCUT2D eigenvalue weighted by atomic mass is 10.0. The molecule has 1 heterocycles. The van der Waals surface area contributed by atoms with Gasteiger partial charge in [0.05, 0.1) is 12.2 Å². The molecule has 0 aliphatic carbocycles. The quantitative estimate of drug-likeness (QED) is 0.854. The number of rotatable bonds is 5. The second-order valence-corrected chi connectivity index (χ2v) is 6.07. The summed E-state index contributed by atoms with van der Waals surface area (Å²) in [5.41, 5.74) is 3.33. The number of benzene rings is 1. The minimum Gasteiger partial charge on any atom is -0.380 e. The Morgan fingerprint density at radius 2 is 2.10 bits per heavy atom. The first kappa shape index (κ1) is 14.6. The number of hydrogen-bond donors (Lipinski definition) is 2. The monoisotopic (exact) mass is 288 g/mol. The largest absolute Gasteiger partial charge is 0.380 e. The molecule has 2 rings (SSSR count). The average molecular weight is 288 g/mol. The van der Waals surface area contributed by atoms with Crippen LogP contribution in [0, 0.1) is 0 Å². The maximum Gasteiger partial charge on any atom is 0.221 e. The van der Waals surface area contributed by atoms with Crippen LogP contribution in [-0.4, -0.2) is 5.91 Å². The van der Waals surface area contributed by atoms with Crippen LogP contribution in [0.1, 0.15) is 37.1 Å². The standard InChI is InChI=1S/C16H20N2OS/c1-11(2)13-5-4-6-14(9-13)17-10-16-15(7-8-20-16)18-12(3)19/h4-9,11,17H,10H2,1-3H3,(H,18,19). The molecule has 0 fully saturated rings. The van der Waals surface area contributed by atoms with Crippen LogP contribution < -0.4 is 10.6 Å². The van der Waals surface area contributed by atoms with Crippen LogP contribution >= 0.6 is 11.3 Å². The van der Waals surface area contributed by atoms with E-state index in [1.165, 1.54) is 12.5 Å². The van der Waals surface area contributed by atoms with Gasteiger partial charge in [0.2, 0.25) is 5.91 Å². The number of hydrogen-bond acceptors (Lipinski definition) is 3. The predicted octanol–water partition coefficient (Wildman–Crippen LogP) is 4.44. The molecule has 0 aliphatic heterocycles. The minimum absolute atomic E-state index is 0.0357. The Balaban J connectivity index is 2.03. The first-order valence-corrected chi connectivity index (χ1v) is 7.62. The van der Waals surface area contributed by atoms with Gasteiger partial charge in [-0.05, 0) is 35.1 Å². The second-order valence-electron chi connectivity index (χ2n) is 5.07. The number of nitrogens with one attached hydrogen (secondary N) is 2. The molecule has 3 nitrogen and oxygen atoms in total. The van der Waals surface area contributed by atoms with E-state index in [-0.39, 0.29) is 5.91 Å². The summed E-state index contributed by atoms with van der Waals surface area (Å²) >= 11 is 1.64. The van der Waals surface area contributed by atoms with Crippen LogP contribution in [0.4, 0.5) is 11.4 Å². The van der Waals surface area contributed by atoms with E-state index in [1.54, 1.807) is 11.3 Å². The molecule has 0 unspecified atom stereocenters. The summed E-state index contributed by atoms with van der Waals surface area (Å²) in [7, 11) is 0. The lowest BCUT2D eigenvalue weighted by Crippen LogP contribution is -2.08. The highest BCUT2D eigenvalue weighted by Gasteiger charge is 2.06. The molecule has 0 saturated carbocycles. The molecule has 20 heavy (non-hydrogen) atoms. The Morgan fingerprint density at radius 3 is 2.80 bits per heavy atom. The Morgan fingerprint density at radius 1 is 1.30 bits per heavy atom. The molecule has 0 radical (unpaired) electrons. The van der Waals surface area contributed by atoms with E-state index >= 15 is 0 Å². The van der Waals surface area contributed by atoms with Crippen LogP contribution in [0.15, 0.2) is 35.7 Å². The van der Waals surface area contributed by atoms with Gasteiger partial charge in [-0.3, -0.25) is 4.79 Å². The fourth-order valence-electron chi connectivity index (χ4n) is 1.97. The molecule has 106 valence electrons. The van der Waals surface area contributed by atoms with Gasteiger partial charge in [-0.15, -0.1) is 11.3 Å². The van der Waals surface area contributed by atoms with Gasteiger partial charge in [-0.25, -0.2) is 0 Å². The van der Waals surface area contributed by atoms with E-state index in [2.05, 4.69) is 48.7 Å². The molecule has 1 amide bonds. The van der Waals surface area contributed by atoms with Crippen LogP contribution in [0.2, 0.25) is 0 Å². The van der Waals surface area contributed by atoms with Crippen LogP contribution in [0.3, 0.4) is 0 Å². The zero-order chi connectivity index (χ0) is 14.5. The van der Waals surface area contributed by atoms with Gasteiger partial charge in [0.25, 0.3) is 0 Å². The smallest absolute Gasteiger partial charge is 0.221 e. The highest BCUT2D eigenvalue weighted by atomic mass is 32.1. The van der Waals surface area contributed by atoms with E-state index in [1.807, 2.05) is 11.4 Å². The van der Waals surface area contributed by atoms with E-state index < -0.39 is 0 Å². The summed E-state index contributed by atoms with van der Waals surface area (Å²) in [5.74, 6) is 0.486. The molecule has 1 aromatic carbocycles. The highest BCUT2D eigenvalue weighted by molar-refractivity contribution is 7.10. The summed E-state index contributed by atoms with van der Waals surface area (Å²) < 4.78 is 0. The van der Waals surface area contributed by atoms with Gasteiger partial charge in [-0.2, -0.15) is 0 Å². The number of thiophene rings is 1. The molecule has 2 aromatic rings. The Labute approximate surface area is 124 Å². The summed E-state index contributed by atoms with van der Waals surface area (Å²) in [4.78, 5) is 12.3. The Bertz CT molecular complexity index is 590. The maximum atomic E-state index is 11.1. The third-order valence-corrected chi connectivity index (χ3v) is 3.98. The predicted molar refractivity (Wildman–Crippen MR) is 86.5 cm³/mol. The first-order valence-electron chi connectivity index (χ1n) is 6.74. The average Bonchev–Trinajstić information content (AvgIpc) is 2.83. The molecule has 1 aromatic heterocycles. The van der Waals surface area contributed by atoms with Crippen molar-refractivity contribution in [3.8, 4) is 0 Å². The van der Waals surface area contributed by atoms with Gasteiger partial charge < -0.3 is 10.6 Å². The number of anilines is 2. The zero-order valence-electron chi connectivity index (χ0n) is 12.1. The van der Waals surface area contributed by atoms with Crippen molar-refractivity contribution in [3.63, 3.8) is 0 Å². The van der Waals surface area contributed by atoms with Crippen LogP contribution in [-0.2, 0) is 11.3 Å². The van der Waals surface area contributed by atoms with E-state index in [4.69, 9.17) is 0 Å². The molecule has 0 bridgehead atoms. The molecule has 0 aliphatic rings. The number of carbonyl (C=O) groups excluding carboxylic acids is 1. The summed E-state index contributed by atoms with van der Waals surface area (Å²) in [6, 6.07) is 10.4. The Kier molecular flexibility index (Phi) is 4.79. The molecule has 4 heteroatoms. The normalized spacial score (nSPS) is 10.6. The van der Waals surface area contributed by atoms with Crippen molar-refractivity contribution in [3.05, 3.63) is 46.2 Å². The van der Waals surface area contributed by atoms with Crippen LogP contribution in [0.25, 0.3) is 0 Å². The van der Waals surface area contributed by atoms with Crippen LogP contribution in [0.5, 0.6) is 0 Å². The molecule has 0 spiro atoms. The van der Waals surface area contributed by atoms with E-state index in [0.717, 1.165) is 22.8 Å². The summed E-state index contributed by atoms with van der Waals surface area (Å²) in [6.07, 6.45) is 0. The van der Waals surface area contributed by atoms with Crippen molar-refractivity contribution < 1.29 is 4.79 Å². The van der Waals surface area contributed by atoms with Gasteiger partial charge in [-0.1, -0.05) is 26.0 Å². The highest BCUT2D eigenvalue weighted by Crippen LogP contribution is 2.24. The first-order chi connectivity index (χ1) is 9.56. The zero-order valence-corrected chi connectivity index (χ0v) is 12.9. The molecular formula is C16H20N2OS. The fourth-order valence-corrected chi connectivity index (χ4v) is 2.74. The molecule has 0 atom stereocenters. The molecular weight excluding hydrogens is 268 g/mol. The third-order valence-electron chi connectivity index (χ3n) is 3.06. The molecule has 2 N–H and O–H groups in total. The lowest BCUT2D eigenvalue weighted by Gasteiger charge is -2.11. The Hall–Kier alpha value is -1.81. The van der Waals surface area contributed by atoms with Gasteiger partial charge in [0.1, 0.15) is 0 Å². The maximum absolute atomic E-state index is 11.1. The van der Waals surface area contributed by atoms with E-state index in [9.17, 15) is 4.79 Å². The van der Waals surface area contributed by atoms with Gasteiger partial charge >= 0.3 is 0 Å². The third kappa shape index (κ3) is 3.84. The van der Waals surface area contributed by atoms with Crippen molar-refractivity contribution in [2.24, 2.45) is 0 Å². The van der Waals surface area contributed by atoms with Crippen molar-refractivity contribution in [1.82, 2.24) is 0 Å². The van der Waals surface area contributed by atoms with Gasteiger partial charge in [0.15, 0.2) is 0 Å². The number of amides is 1. The van der Waals surface area contributed by atoms with Gasteiger partial charge in [0, 0.05) is 17.5 Å². The van der Waals surface area contributed by atoms with E-state index in [0.29, 0.717) is 5.92 Å².